The van der Waals surface area contributed by atoms with Crippen LogP contribution in [0.5, 0.6) is 11.5 Å². The fourth-order valence-electron chi connectivity index (χ4n) is 3.69. The zero-order chi connectivity index (χ0) is 20.8. The van der Waals surface area contributed by atoms with Crippen molar-refractivity contribution in [1.82, 2.24) is 5.32 Å². The van der Waals surface area contributed by atoms with Crippen LogP contribution >= 0.6 is 11.8 Å². The van der Waals surface area contributed by atoms with E-state index < -0.39 is 0 Å². The Labute approximate surface area is 180 Å². The van der Waals surface area contributed by atoms with E-state index >= 15 is 0 Å². The van der Waals surface area contributed by atoms with Crippen LogP contribution in [0.3, 0.4) is 0 Å². The van der Waals surface area contributed by atoms with Gasteiger partial charge in [-0.3, -0.25) is 9.59 Å². The summed E-state index contributed by atoms with van der Waals surface area (Å²) in [5.41, 5.74) is 1.04. The van der Waals surface area contributed by atoms with Crippen LogP contribution in [0.1, 0.15) is 42.5 Å². The number of ether oxygens (including phenoxy) is 2. The van der Waals surface area contributed by atoms with Crippen LogP contribution in [0, 0.1) is 0 Å². The van der Waals surface area contributed by atoms with E-state index in [1.165, 1.54) is 11.8 Å². The molecule has 2 aliphatic rings. The van der Waals surface area contributed by atoms with E-state index in [4.69, 9.17) is 9.47 Å². The minimum atomic E-state index is -0.159. The van der Waals surface area contributed by atoms with E-state index in [1.807, 2.05) is 30.3 Å². The molecule has 1 fully saturated rings. The molecule has 1 aliphatic carbocycles. The van der Waals surface area contributed by atoms with Gasteiger partial charge in [0.15, 0.2) is 11.5 Å². The number of hydrogen-bond acceptors (Lipinski definition) is 5. The Bertz CT molecular complexity index is 912. The molecule has 158 valence electrons. The van der Waals surface area contributed by atoms with Gasteiger partial charge in [0.2, 0.25) is 5.91 Å². The molecule has 2 N–H and O–H groups in total. The number of fused-ring (bicyclic) bond motifs is 1. The van der Waals surface area contributed by atoms with Crippen molar-refractivity contribution >= 4 is 29.3 Å². The van der Waals surface area contributed by atoms with Crippen LogP contribution in [0.2, 0.25) is 0 Å². The van der Waals surface area contributed by atoms with Gasteiger partial charge < -0.3 is 20.1 Å². The van der Waals surface area contributed by atoms with Gasteiger partial charge in [-0.25, -0.2) is 0 Å². The molecule has 6 nitrogen and oxygen atoms in total. The third-order valence-electron chi connectivity index (χ3n) is 5.23. The van der Waals surface area contributed by atoms with Gasteiger partial charge in [0.25, 0.3) is 5.91 Å². The molecule has 2 aromatic rings. The number of nitrogens with one attached hydrogen (secondary N) is 2. The monoisotopic (exact) mass is 426 g/mol. The smallest absolute Gasteiger partial charge is 0.253 e. The zero-order valence-corrected chi connectivity index (χ0v) is 17.6. The lowest BCUT2D eigenvalue weighted by Gasteiger charge is -2.15. The summed E-state index contributed by atoms with van der Waals surface area (Å²) in [6.45, 7) is 1.27. The van der Waals surface area contributed by atoms with Gasteiger partial charge in [-0.05, 0) is 43.2 Å². The Morgan fingerprint density at radius 3 is 2.57 bits per heavy atom. The predicted octanol–water partition coefficient (Wildman–Crippen LogP) is 4.25. The maximum atomic E-state index is 12.7. The summed E-state index contributed by atoms with van der Waals surface area (Å²) in [4.78, 5) is 26.1. The number of carbonyl (C=O) groups is 2. The first-order valence-electron chi connectivity index (χ1n) is 10.4. The third kappa shape index (κ3) is 5.27. The van der Waals surface area contributed by atoms with Gasteiger partial charge >= 0.3 is 0 Å². The molecule has 0 radical (unpaired) electrons. The summed E-state index contributed by atoms with van der Waals surface area (Å²) >= 11 is 1.42. The van der Waals surface area contributed by atoms with Crippen LogP contribution in [-0.2, 0) is 4.79 Å². The second kappa shape index (κ2) is 9.89. The number of thioether (sulfide) groups is 1. The molecule has 4 rings (SSSR count). The average Bonchev–Trinajstić information content (AvgIpc) is 3.15. The molecule has 2 aromatic carbocycles. The average molecular weight is 427 g/mol. The summed E-state index contributed by atoms with van der Waals surface area (Å²) in [5, 5.41) is 5.96. The standard InChI is InChI=1S/C23H26N2O4S/c26-22(15-30-17-10-11-20-21(14-17)29-13-5-12-28-20)25-19-9-4-3-8-18(19)23(27)24-16-6-1-2-7-16/h3-4,8-11,14,16H,1-2,5-7,12-13,15H2,(H,24,27)(H,25,26). The summed E-state index contributed by atoms with van der Waals surface area (Å²) in [6.07, 6.45) is 5.20. The molecule has 0 spiro atoms. The van der Waals surface area contributed by atoms with Crippen LogP contribution in [0.15, 0.2) is 47.4 Å². The van der Waals surface area contributed by atoms with Crippen molar-refractivity contribution in [1.29, 1.82) is 0 Å². The Kier molecular flexibility index (Phi) is 6.79. The largest absolute Gasteiger partial charge is 0.490 e. The lowest BCUT2D eigenvalue weighted by atomic mass is 10.1. The molecule has 0 atom stereocenters. The first-order chi connectivity index (χ1) is 14.7. The van der Waals surface area contributed by atoms with Crippen LogP contribution in [0.25, 0.3) is 0 Å². The molecule has 0 unspecified atom stereocenters. The van der Waals surface area contributed by atoms with E-state index in [0.717, 1.165) is 42.7 Å². The van der Waals surface area contributed by atoms with Crippen molar-refractivity contribution in [3.8, 4) is 11.5 Å². The van der Waals surface area contributed by atoms with E-state index in [9.17, 15) is 9.59 Å². The Balaban J connectivity index is 1.35. The highest BCUT2D eigenvalue weighted by Gasteiger charge is 2.20. The van der Waals surface area contributed by atoms with E-state index in [-0.39, 0.29) is 23.6 Å². The maximum absolute atomic E-state index is 12.7. The molecular formula is C23H26N2O4S. The second-order valence-electron chi connectivity index (χ2n) is 7.50. The Morgan fingerprint density at radius 1 is 0.967 bits per heavy atom. The number of rotatable bonds is 6. The van der Waals surface area contributed by atoms with E-state index in [1.54, 1.807) is 12.1 Å². The molecule has 1 saturated carbocycles. The molecule has 30 heavy (non-hydrogen) atoms. The molecule has 0 aromatic heterocycles. The molecular weight excluding hydrogens is 400 g/mol. The fourth-order valence-corrected chi connectivity index (χ4v) is 4.42. The van der Waals surface area contributed by atoms with Crippen molar-refractivity contribution in [3.05, 3.63) is 48.0 Å². The van der Waals surface area contributed by atoms with Gasteiger partial charge in [0.1, 0.15) is 0 Å². The van der Waals surface area contributed by atoms with Crippen LogP contribution < -0.4 is 20.1 Å². The van der Waals surface area contributed by atoms with Crippen molar-refractivity contribution in [3.63, 3.8) is 0 Å². The lowest BCUT2D eigenvalue weighted by molar-refractivity contribution is -0.113. The summed E-state index contributed by atoms with van der Waals surface area (Å²) < 4.78 is 11.3. The van der Waals surface area contributed by atoms with Gasteiger partial charge in [0, 0.05) is 17.4 Å². The summed E-state index contributed by atoms with van der Waals surface area (Å²) in [5.74, 6) is 1.40. The minimum absolute atomic E-state index is 0.131. The van der Waals surface area contributed by atoms with Crippen molar-refractivity contribution in [2.45, 2.75) is 43.0 Å². The molecule has 0 bridgehead atoms. The number of anilines is 1. The first kappa shape index (κ1) is 20.6. The molecule has 0 saturated heterocycles. The summed E-state index contributed by atoms with van der Waals surface area (Å²) in [7, 11) is 0. The highest BCUT2D eigenvalue weighted by Crippen LogP contribution is 2.34. The number of hydrogen-bond donors (Lipinski definition) is 2. The quantitative estimate of drug-likeness (QED) is 0.676. The number of para-hydroxylation sites is 1. The van der Waals surface area contributed by atoms with E-state index in [2.05, 4.69) is 10.6 Å². The summed E-state index contributed by atoms with van der Waals surface area (Å²) in [6, 6.07) is 13.1. The number of carbonyl (C=O) groups excluding carboxylic acids is 2. The number of benzene rings is 2. The number of amides is 2. The molecule has 2 amide bonds. The Hall–Kier alpha value is -2.67. The first-order valence-corrected chi connectivity index (χ1v) is 11.4. The zero-order valence-electron chi connectivity index (χ0n) is 16.8. The van der Waals surface area contributed by atoms with Crippen LogP contribution in [0.4, 0.5) is 5.69 Å². The van der Waals surface area contributed by atoms with Crippen molar-refractivity contribution < 1.29 is 19.1 Å². The van der Waals surface area contributed by atoms with Gasteiger partial charge in [0.05, 0.1) is 30.2 Å². The fraction of sp³-hybridized carbons (Fsp3) is 0.391. The molecule has 1 aliphatic heterocycles. The molecule has 7 heteroatoms. The molecule has 1 heterocycles. The topological polar surface area (TPSA) is 76.7 Å². The van der Waals surface area contributed by atoms with Crippen molar-refractivity contribution in [2.24, 2.45) is 0 Å². The van der Waals surface area contributed by atoms with Gasteiger partial charge in [-0.15, -0.1) is 11.8 Å². The van der Waals surface area contributed by atoms with Crippen molar-refractivity contribution in [2.75, 3.05) is 24.3 Å². The predicted molar refractivity (Wildman–Crippen MR) is 118 cm³/mol. The van der Waals surface area contributed by atoms with Gasteiger partial charge in [-0.1, -0.05) is 25.0 Å². The SMILES string of the molecule is O=C(CSc1ccc2c(c1)OCCCO2)Nc1ccccc1C(=O)NC1CCCC1. The lowest BCUT2D eigenvalue weighted by Crippen LogP contribution is -2.33. The minimum Gasteiger partial charge on any atom is -0.490 e. The normalized spacial score (nSPS) is 16.0. The van der Waals surface area contributed by atoms with Crippen LogP contribution in [-0.4, -0.2) is 36.8 Å². The highest BCUT2D eigenvalue weighted by molar-refractivity contribution is 8.00. The van der Waals surface area contributed by atoms with E-state index in [0.29, 0.717) is 30.2 Å². The van der Waals surface area contributed by atoms with Gasteiger partial charge in [-0.2, -0.15) is 0 Å². The highest BCUT2D eigenvalue weighted by atomic mass is 32.2. The third-order valence-corrected chi connectivity index (χ3v) is 6.22. The Morgan fingerprint density at radius 2 is 1.73 bits per heavy atom. The maximum Gasteiger partial charge on any atom is 0.253 e. The second-order valence-corrected chi connectivity index (χ2v) is 8.55.